The number of amides is 3. The second-order valence-corrected chi connectivity index (χ2v) is 4.85. The van der Waals surface area contributed by atoms with Crippen LogP contribution in [0.3, 0.4) is 0 Å². The van der Waals surface area contributed by atoms with Crippen LogP contribution in [0.25, 0.3) is 0 Å². The molecule has 5 nitrogen and oxygen atoms in total. The third-order valence-corrected chi connectivity index (χ3v) is 2.78. The zero-order valence-electron chi connectivity index (χ0n) is 10.7. The Morgan fingerprint density at radius 2 is 1.88 bits per heavy atom. The van der Waals surface area contributed by atoms with Crippen LogP contribution < -0.4 is 16.0 Å². The van der Waals surface area contributed by atoms with E-state index < -0.39 is 0 Å². The van der Waals surface area contributed by atoms with E-state index in [4.69, 9.17) is 0 Å². The van der Waals surface area contributed by atoms with Crippen molar-refractivity contribution in [2.75, 3.05) is 6.54 Å². The van der Waals surface area contributed by atoms with Gasteiger partial charge < -0.3 is 16.0 Å². The highest BCUT2D eigenvalue weighted by molar-refractivity contribution is 5.78. The van der Waals surface area contributed by atoms with Crippen LogP contribution in [-0.2, 0) is 4.79 Å². The molecule has 0 aromatic carbocycles. The predicted molar refractivity (Wildman–Crippen MR) is 66.7 cm³/mol. The van der Waals surface area contributed by atoms with Crippen molar-refractivity contribution >= 4 is 11.9 Å². The Morgan fingerprint density at radius 3 is 2.47 bits per heavy atom. The van der Waals surface area contributed by atoms with E-state index in [-0.39, 0.29) is 18.0 Å². The molecule has 1 aliphatic rings. The van der Waals surface area contributed by atoms with Crippen LogP contribution in [0.15, 0.2) is 0 Å². The standard InChI is InChI=1S/C12H23N3O2/c1-9(2)14-11(16)7-8-13-12(17)15-10-5-3-4-6-10/h9-10H,3-8H2,1-2H3,(H,14,16)(H2,13,15,17). The molecule has 0 atom stereocenters. The molecule has 1 saturated carbocycles. The maximum absolute atomic E-state index is 11.4. The molecule has 0 bridgehead atoms. The van der Waals surface area contributed by atoms with Crippen LogP contribution in [0.4, 0.5) is 4.79 Å². The summed E-state index contributed by atoms with van der Waals surface area (Å²) in [5.41, 5.74) is 0. The Kier molecular flexibility index (Phi) is 5.80. The molecule has 17 heavy (non-hydrogen) atoms. The summed E-state index contributed by atoms with van der Waals surface area (Å²) in [4.78, 5) is 22.7. The van der Waals surface area contributed by atoms with E-state index in [0.29, 0.717) is 19.0 Å². The largest absolute Gasteiger partial charge is 0.354 e. The summed E-state index contributed by atoms with van der Waals surface area (Å²) in [6, 6.07) is 0.309. The molecular weight excluding hydrogens is 218 g/mol. The molecule has 0 aliphatic heterocycles. The molecule has 0 spiro atoms. The number of hydrogen-bond donors (Lipinski definition) is 3. The zero-order chi connectivity index (χ0) is 12.7. The van der Waals surface area contributed by atoms with Gasteiger partial charge in [-0.1, -0.05) is 12.8 Å². The molecule has 0 unspecified atom stereocenters. The highest BCUT2D eigenvalue weighted by Crippen LogP contribution is 2.17. The van der Waals surface area contributed by atoms with Crippen molar-refractivity contribution in [3.63, 3.8) is 0 Å². The van der Waals surface area contributed by atoms with E-state index in [2.05, 4.69) is 16.0 Å². The van der Waals surface area contributed by atoms with E-state index in [9.17, 15) is 9.59 Å². The van der Waals surface area contributed by atoms with Gasteiger partial charge in [0.25, 0.3) is 0 Å². The van der Waals surface area contributed by atoms with Crippen molar-refractivity contribution in [2.45, 2.75) is 58.0 Å². The van der Waals surface area contributed by atoms with E-state index in [1.807, 2.05) is 13.8 Å². The number of hydrogen-bond acceptors (Lipinski definition) is 2. The van der Waals surface area contributed by atoms with E-state index >= 15 is 0 Å². The van der Waals surface area contributed by atoms with Crippen molar-refractivity contribution in [2.24, 2.45) is 0 Å². The topological polar surface area (TPSA) is 70.2 Å². The van der Waals surface area contributed by atoms with Gasteiger partial charge in [-0.15, -0.1) is 0 Å². The number of carbonyl (C=O) groups excluding carboxylic acids is 2. The zero-order valence-corrected chi connectivity index (χ0v) is 10.7. The maximum atomic E-state index is 11.4. The Hall–Kier alpha value is -1.26. The fourth-order valence-electron chi connectivity index (χ4n) is 1.99. The quantitative estimate of drug-likeness (QED) is 0.675. The normalized spacial score (nSPS) is 15.9. The van der Waals surface area contributed by atoms with E-state index in [0.717, 1.165) is 12.8 Å². The minimum Gasteiger partial charge on any atom is -0.354 e. The van der Waals surface area contributed by atoms with Crippen molar-refractivity contribution in [3.8, 4) is 0 Å². The molecule has 5 heteroatoms. The van der Waals surface area contributed by atoms with Gasteiger partial charge >= 0.3 is 6.03 Å². The Morgan fingerprint density at radius 1 is 1.24 bits per heavy atom. The summed E-state index contributed by atoms with van der Waals surface area (Å²) >= 11 is 0. The lowest BCUT2D eigenvalue weighted by Gasteiger charge is -2.13. The molecule has 0 saturated heterocycles. The van der Waals surface area contributed by atoms with Crippen LogP contribution in [0.2, 0.25) is 0 Å². The predicted octanol–water partition coefficient (Wildman–Crippen LogP) is 1.14. The number of nitrogens with one attached hydrogen (secondary N) is 3. The second-order valence-electron chi connectivity index (χ2n) is 4.85. The van der Waals surface area contributed by atoms with E-state index in [1.165, 1.54) is 12.8 Å². The molecular formula is C12H23N3O2. The minimum absolute atomic E-state index is 0.0267. The fraction of sp³-hybridized carbons (Fsp3) is 0.833. The SMILES string of the molecule is CC(C)NC(=O)CCNC(=O)NC1CCCC1. The lowest BCUT2D eigenvalue weighted by atomic mass is 10.2. The van der Waals surface area contributed by atoms with Crippen LogP contribution in [0, 0.1) is 0 Å². The monoisotopic (exact) mass is 241 g/mol. The molecule has 0 aromatic heterocycles. The molecule has 98 valence electrons. The molecule has 0 heterocycles. The Balaban J connectivity index is 2.05. The number of carbonyl (C=O) groups is 2. The number of urea groups is 1. The van der Waals surface area contributed by atoms with Gasteiger partial charge in [-0.2, -0.15) is 0 Å². The summed E-state index contributed by atoms with van der Waals surface area (Å²) in [6.45, 7) is 4.22. The van der Waals surface area contributed by atoms with Gasteiger partial charge in [0, 0.05) is 25.0 Å². The van der Waals surface area contributed by atoms with Crippen LogP contribution in [0.5, 0.6) is 0 Å². The first-order chi connectivity index (χ1) is 8.08. The summed E-state index contributed by atoms with van der Waals surface area (Å²) in [7, 11) is 0. The molecule has 1 fully saturated rings. The van der Waals surface area contributed by atoms with Gasteiger partial charge in [0.1, 0.15) is 0 Å². The summed E-state index contributed by atoms with van der Waals surface area (Å²) in [5.74, 6) is -0.0267. The molecule has 3 N–H and O–H groups in total. The third kappa shape index (κ3) is 6.14. The smallest absolute Gasteiger partial charge is 0.315 e. The lowest BCUT2D eigenvalue weighted by Crippen LogP contribution is -2.42. The lowest BCUT2D eigenvalue weighted by molar-refractivity contribution is -0.121. The first-order valence-electron chi connectivity index (χ1n) is 6.41. The van der Waals surface area contributed by atoms with Crippen molar-refractivity contribution in [3.05, 3.63) is 0 Å². The molecule has 1 aliphatic carbocycles. The Labute approximate surface area is 103 Å². The van der Waals surface area contributed by atoms with Gasteiger partial charge in [0.05, 0.1) is 0 Å². The molecule has 0 aromatic rings. The minimum atomic E-state index is -0.158. The fourth-order valence-corrected chi connectivity index (χ4v) is 1.99. The molecule has 1 rings (SSSR count). The van der Waals surface area contributed by atoms with E-state index in [1.54, 1.807) is 0 Å². The van der Waals surface area contributed by atoms with Crippen LogP contribution in [0.1, 0.15) is 46.0 Å². The third-order valence-electron chi connectivity index (χ3n) is 2.78. The highest BCUT2D eigenvalue weighted by Gasteiger charge is 2.16. The van der Waals surface area contributed by atoms with Crippen molar-refractivity contribution in [1.82, 2.24) is 16.0 Å². The van der Waals surface area contributed by atoms with Gasteiger partial charge in [0.15, 0.2) is 0 Å². The van der Waals surface area contributed by atoms with Gasteiger partial charge in [0.2, 0.25) is 5.91 Å². The first-order valence-corrected chi connectivity index (χ1v) is 6.41. The first kappa shape index (κ1) is 13.8. The average molecular weight is 241 g/mol. The summed E-state index contributed by atoms with van der Waals surface area (Å²) in [6.07, 6.45) is 4.86. The second kappa shape index (κ2) is 7.14. The Bertz CT molecular complexity index is 260. The summed E-state index contributed by atoms with van der Waals surface area (Å²) in [5, 5.41) is 8.39. The maximum Gasteiger partial charge on any atom is 0.315 e. The number of rotatable bonds is 5. The highest BCUT2D eigenvalue weighted by atomic mass is 16.2. The summed E-state index contributed by atoms with van der Waals surface area (Å²) < 4.78 is 0. The van der Waals surface area contributed by atoms with Crippen molar-refractivity contribution < 1.29 is 9.59 Å². The van der Waals surface area contributed by atoms with Crippen LogP contribution >= 0.6 is 0 Å². The molecule has 0 radical (unpaired) electrons. The average Bonchev–Trinajstić information content (AvgIpc) is 2.69. The van der Waals surface area contributed by atoms with Gasteiger partial charge in [-0.25, -0.2) is 4.79 Å². The van der Waals surface area contributed by atoms with Gasteiger partial charge in [-0.3, -0.25) is 4.79 Å². The van der Waals surface area contributed by atoms with Crippen molar-refractivity contribution in [1.29, 1.82) is 0 Å². The van der Waals surface area contributed by atoms with Crippen LogP contribution in [-0.4, -0.2) is 30.6 Å². The molecule has 3 amide bonds. The van der Waals surface area contributed by atoms with Gasteiger partial charge in [-0.05, 0) is 26.7 Å².